The average Bonchev–Trinajstić information content (AvgIpc) is 2.53. The fourth-order valence-corrected chi connectivity index (χ4v) is 1.98. The van der Waals surface area contributed by atoms with Gasteiger partial charge in [-0.1, -0.05) is 11.6 Å². The van der Waals surface area contributed by atoms with Gasteiger partial charge in [0.25, 0.3) is 0 Å². The van der Waals surface area contributed by atoms with Gasteiger partial charge in [0.15, 0.2) is 0 Å². The van der Waals surface area contributed by atoms with Gasteiger partial charge in [0.05, 0.1) is 23.2 Å². The first kappa shape index (κ1) is 14.0. The highest BCUT2D eigenvalue weighted by molar-refractivity contribution is 6.43. The lowest BCUT2D eigenvalue weighted by Gasteiger charge is -2.25. The molecule has 94 valence electrons. The molecule has 0 unspecified atom stereocenters. The number of nitriles is 1. The molecule has 0 aromatic heterocycles. The van der Waals surface area contributed by atoms with E-state index in [-0.39, 0.29) is 12.1 Å². The van der Waals surface area contributed by atoms with Crippen LogP contribution in [0.1, 0.15) is 26.7 Å². The van der Waals surface area contributed by atoms with E-state index in [4.69, 9.17) is 22.3 Å². The third-order valence-corrected chi connectivity index (χ3v) is 3.29. The molecule has 1 rings (SSSR count). The van der Waals surface area contributed by atoms with Crippen molar-refractivity contribution in [3.8, 4) is 6.07 Å². The van der Waals surface area contributed by atoms with Gasteiger partial charge in [0, 0.05) is 31.4 Å². The van der Waals surface area contributed by atoms with Crippen molar-refractivity contribution in [1.29, 1.82) is 10.7 Å². The number of nitrogens with one attached hydrogen (secondary N) is 2. The Kier molecular flexibility index (Phi) is 5.46. The van der Waals surface area contributed by atoms with E-state index in [1.165, 1.54) is 0 Å². The summed E-state index contributed by atoms with van der Waals surface area (Å²) < 4.78 is 0. The minimum Gasteiger partial charge on any atom is -0.386 e. The van der Waals surface area contributed by atoms with Gasteiger partial charge < -0.3 is 10.7 Å². The number of rotatable bonds is 3. The van der Waals surface area contributed by atoms with Crippen LogP contribution in [0, 0.1) is 16.7 Å². The summed E-state index contributed by atoms with van der Waals surface area (Å²) in [6.07, 6.45) is 1.13. The van der Waals surface area contributed by atoms with Crippen LogP contribution in [-0.4, -0.2) is 36.3 Å². The predicted octanol–water partition coefficient (Wildman–Crippen LogP) is 2.07. The topological polar surface area (TPSA) is 62.9 Å². The Bertz CT molecular complexity index is 354. The number of hydrogen-bond acceptors (Lipinski definition) is 4. The maximum absolute atomic E-state index is 8.58. The van der Waals surface area contributed by atoms with Crippen molar-refractivity contribution in [3.05, 3.63) is 10.7 Å². The van der Waals surface area contributed by atoms with E-state index in [0.717, 1.165) is 31.8 Å². The Morgan fingerprint density at radius 2 is 2.35 bits per heavy atom. The summed E-state index contributed by atoms with van der Waals surface area (Å²) in [6, 6.07) is 2.41. The van der Waals surface area contributed by atoms with Gasteiger partial charge in [-0.05, 0) is 20.3 Å². The van der Waals surface area contributed by atoms with E-state index in [2.05, 4.69) is 24.1 Å². The molecular weight excluding hydrogens is 236 g/mol. The van der Waals surface area contributed by atoms with Gasteiger partial charge in [0.2, 0.25) is 0 Å². The molecule has 0 atom stereocenters. The van der Waals surface area contributed by atoms with Crippen molar-refractivity contribution >= 4 is 17.3 Å². The maximum Gasteiger partial charge on any atom is 0.0826 e. The monoisotopic (exact) mass is 254 g/mol. The Morgan fingerprint density at radius 3 is 2.94 bits per heavy atom. The number of halogens is 1. The molecule has 0 amide bonds. The predicted molar refractivity (Wildman–Crippen MR) is 70.2 cm³/mol. The number of allylic oxidation sites excluding steroid dienone is 1. The highest BCUT2D eigenvalue weighted by Gasteiger charge is 2.18. The SMILES string of the molecule is CC(C)N1CCCN/C(=C(/Cl)C(=N)CC#N)C1. The lowest BCUT2D eigenvalue weighted by molar-refractivity contribution is 0.247. The maximum atomic E-state index is 8.58. The van der Waals surface area contributed by atoms with Gasteiger partial charge in [-0.15, -0.1) is 0 Å². The Hall–Kier alpha value is -1.05. The van der Waals surface area contributed by atoms with Crippen LogP contribution in [0.25, 0.3) is 0 Å². The molecule has 1 aliphatic rings. The molecule has 1 saturated heterocycles. The third-order valence-electron chi connectivity index (χ3n) is 2.84. The minimum absolute atomic E-state index is 0.0612. The Morgan fingerprint density at radius 1 is 1.65 bits per heavy atom. The van der Waals surface area contributed by atoms with Gasteiger partial charge in [-0.2, -0.15) is 5.26 Å². The third kappa shape index (κ3) is 4.03. The fraction of sp³-hybridized carbons (Fsp3) is 0.667. The number of hydrogen-bond donors (Lipinski definition) is 2. The molecule has 0 aliphatic carbocycles. The molecule has 1 fully saturated rings. The van der Waals surface area contributed by atoms with Crippen molar-refractivity contribution in [2.75, 3.05) is 19.6 Å². The van der Waals surface area contributed by atoms with E-state index in [9.17, 15) is 0 Å². The molecule has 17 heavy (non-hydrogen) atoms. The lowest BCUT2D eigenvalue weighted by Crippen LogP contribution is -2.33. The van der Waals surface area contributed by atoms with Crippen molar-refractivity contribution in [2.45, 2.75) is 32.7 Å². The molecule has 5 heteroatoms. The summed E-state index contributed by atoms with van der Waals surface area (Å²) in [7, 11) is 0. The van der Waals surface area contributed by atoms with Gasteiger partial charge in [0.1, 0.15) is 0 Å². The van der Waals surface area contributed by atoms with Crippen LogP contribution in [-0.2, 0) is 0 Å². The van der Waals surface area contributed by atoms with Crippen LogP contribution in [0.3, 0.4) is 0 Å². The van der Waals surface area contributed by atoms with Gasteiger partial charge in [-0.3, -0.25) is 4.90 Å². The molecule has 0 aromatic rings. The van der Waals surface area contributed by atoms with Crippen LogP contribution < -0.4 is 5.32 Å². The van der Waals surface area contributed by atoms with E-state index >= 15 is 0 Å². The second-order valence-electron chi connectivity index (χ2n) is 4.45. The minimum atomic E-state index is 0.0612. The molecule has 1 aliphatic heterocycles. The largest absolute Gasteiger partial charge is 0.386 e. The van der Waals surface area contributed by atoms with Crippen molar-refractivity contribution in [3.63, 3.8) is 0 Å². The molecule has 4 nitrogen and oxygen atoms in total. The van der Waals surface area contributed by atoms with Crippen LogP contribution in [0.2, 0.25) is 0 Å². The first-order chi connectivity index (χ1) is 8.06. The summed E-state index contributed by atoms with van der Waals surface area (Å²) in [5, 5.41) is 19.9. The lowest BCUT2D eigenvalue weighted by atomic mass is 10.2. The second-order valence-corrected chi connectivity index (χ2v) is 4.83. The Labute approximate surface area is 108 Å². The van der Waals surface area contributed by atoms with E-state index in [1.807, 2.05) is 6.07 Å². The van der Waals surface area contributed by atoms with Crippen LogP contribution in [0.4, 0.5) is 0 Å². The highest BCUT2D eigenvalue weighted by Crippen LogP contribution is 2.16. The molecule has 0 spiro atoms. The summed E-state index contributed by atoms with van der Waals surface area (Å²) >= 11 is 6.15. The fourth-order valence-electron chi connectivity index (χ4n) is 1.79. The zero-order valence-corrected chi connectivity index (χ0v) is 11.1. The molecule has 1 heterocycles. The first-order valence-electron chi connectivity index (χ1n) is 5.87. The molecular formula is C12H19ClN4. The van der Waals surface area contributed by atoms with Crippen LogP contribution >= 0.6 is 11.6 Å². The molecule has 2 N–H and O–H groups in total. The summed E-state index contributed by atoms with van der Waals surface area (Å²) in [5.41, 5.74) is 1.07. The standard InChI is InChI=1S/C12H19ClN4/c1-9(2)17-7-3-6-16-11(8-17)12(13)10(15)4-5-14/h9,15-16H,3-4,6-8H2,1-2H3/b12-11+,15-10?. The molecule has 0 saturated carbocycles. The van der Waals surface area contributed by atoms with E-state index in [1.54, 1.807) is 0 Å². The zero-order valence-electron chi connectivity index (χ0n) is 10.4. The first-order valence-corrected chi connectivity index (χ1v) is 6.25. The van der Waals surface area contributed by atoms with Crippen LogP contribution in [0.15, 0.2) is 10.7 Å². The molecule has 0 aromatic carbocycles. The normalized spacial score (nSPS) is 20.4. The average molecular weight is 255 g/mol. The van der Waals surface area contributed by atoms with Crippen molar-refractivity contribution in [1.82, 2.24) is 10.2 Å². The number of nitrogens with zero attached hydrogens (tertiary/aromatic N) is 2. The Balaban J connectivity index is 2.83. The van der Waals surface area contributed by atoms with Gasteiger partial charge in [-0.25, -0.2) is 0 Å². The highest BCUT2D eigenvalue weighted by atomic mass is 35.5. The smallest absolute Gasteiger partial charge is 0.0826 e. The van der Waals surface area contributed by atoms with Gasteiger partial charge >= 0.3 is 0 Å². The van der Waals surface area contributed by atoms with Crippen LogP contribution in [0.5, 0.6) is 0 Å². The summed E-state index contributed by atoms with van der Waals surface area (Å²) in [4.78, 5) is 2.32. The van der Waals surface area contributed by atoms with E-state index in [0.29, 0.717) is 11.1 Å². The second kappa shape index (κ2) is 6.63. The van der Waals surface area contributed by atoms with Crippen molar-refractivity contribution < 1.29 is 0 Å². The van der Waals surface area contributed by atoms with Crippen molar-refractivity contribution in [2.24, 2.45) is 0 Å². The summed E-state index contributed by atoms with van der Waals surface area (Å²) in [6.45, 7) is 6.93. The van der Waals surface area contributed by atoms with E-state index < -0.39 is 0 Å². The quantitative estimate of drug-likeness (QED) is 0.758. The molecule has 0 radical (unpaired) electrons. The zero-order chi connectivity index (χ0) is 12.8. The molecule has 0 bridgehead atoms. The summed E-state index contributed by atoms with van der Waals surface area (Å²) in [5.74, 6) is 0.